The number of methoxy groups -OCH3 is 1. The zero-order valence-corrected chi connectivity index (χ0v) is 21.1. The summed E-state index contributed by atoms with van der Waals surface area (Å²) >= 11 is 0. The Morgan fingerprint density at radius 2 is 1.97 bits per heavy atom. The maximum atomic E-state index is 12.2. The first kappa shape index (κ1) is 24.4. The number of carbonyl (C=O) groups is 2. The van der Waals surface area contributed by atoms with Crippen LogP contribution in [0, 0.1) is 5.92 Å². The van der Waals surface area contributed by atoms with Crippen molar-refractivity contribution in [2.75, 3.05) is 31.0 Å². The summed E-state index contributed by atoms with van der Waals surface area (Å²) in [5, 5.41) is 10.7. The zero-order chi connectivity index (χ0) is 26.3. The SMILES string of the molecule is COc1c(Nc2cc(NC(=O)C3CC3)ncc2C(N)=O)cccc1-c1cnn([C@@H]2CCCC23OCCO3)c1. The van der Waals surface area contributed by atoms with Crippen molar-refractivity contribution in [1.29, 1.82) is 0 Å². The van der Waals surface area contributed by atoms with E-state index in [2.05, 4.69) is 20.7 Å². The van der Waals surface area contributed by atoms with Crippen molar-refractivity contribution >= 4 is 29.0 Å². The normalized spacial score (nSPS) is 20.0. The van der Waals surface area contributed by atoms with E-state index in [0.717, 1.165) is 43.2 Å². The van der Waals surface area contributed by atoms with Crippen LogP contribution in [0.3, 0.4) is 0 Å². The highest BCUT2D eigenvalue weighted by Crippen LogP contribution is 2.46. The van der Waals surface area contributed by atoms with Gasteiger partial charge in [0.05, 0.1) is 43.5 Å². The van der Waals surface area contributed by atoms with Gasteiger partial charge in [0, 0.05) is 41.9 Å². The molecule has 11 heteroatoms. The van der Waals surface area contributed by atoms with Crippen LogP contribution < -0.4 is 21.1 Å². The van der Waals surface area contributed by atoms with Crippen LogP contribution in [-0.4, -0.2) is 52.7 Å². The second kappa shape index (κ2) is 9.73. The molecule has 2 aliphatic carbocycles. The first-order chi connectivity index (χ1) is 18.5. The fourth-order valence-corrected chi connectivity index (χ4v) is 5.34. The third kappa shape index (κ3) is 4.48. The summed E-state index contributed by atoms with van der Waals surface area (Å²) < 4.78 is 19.8. The van der Waals surface area contributed by atoms with E-state index in [1.54, 1.807) is 19.4 Å². The molecule has 2 amide bonds. The quantitative estimate of drug-likeness (QED) is 0.410. The van der Waals surface area contributed by atoms with Crippen LogP contribution in [0.4, 0.5) is 17.2 Å². The molecular formula is C27H30N6O5. The Morgan fingerprint density at radius 3 is 2.71 bits per heavy atom. The summed E-state index contributed by atoms with van der Waals surface area (Å²) in [5.41, 5.74) is 8.52. The molecule has 38 heavy (non-hydrogen) atoms. The second-order valence-corrected chi connectivity index (χ2v) is 9.88. The molecule has 198 valence electrons. The van der Waals surface area contributed by atoms with Crippen molar-refractivity contribution in [2.45, 2.75) is 43.9 Å². The standard InChI is InChI=1S/C27H30N6O5/c1-36-24-18(17-13-30-33(15-17)22-6-3-9-27(22)37-10-11-38-27)4-2-5-20(24)31-21-12-23(29-14-19(21)25(28)34)32-26(35)16-7-8-16/h2,4-5,12-16,22H,3,6-11H2,1H3,(H2,28,34)(H2,29,31,32,35)/t22-/m1/s1. The van der Waals surface area contributed by atoms with Crippen LogP contribution in [0.5, 0.6) is 5.75 Å². The lowest BCUT2D eigenvalue weighted by Gasteiger charge is -2.29. The molecule has 3 aliphatic rings. The molecule has 1 spiro atoms. The van der Waals surface area contributed by atoms with E-state index >= 15 is 0 Å². The number of nitrogens with one attached hydrogen (secondary N) is 2. The summed E-state index contributed by atoms with van der Waals surface area (Å²) in [6.45, 7) is 1.20. The number of nitrogens with zero attached hydrogens (tertiary/aromatic N) is 3. The molecule has 3 heterocycles. The zero-order valence-electron chi connectivity index (χ0n) is 21.1. The maximum Gasteiger partial charge on any atom is 0.252 e. The van der Waals surface area contributed by atoms with Crippen LogP contribution in [0.25, 0.3) is 11.1 Å². The predicted molar refractivity (Wildman–Crippen MR) is 139 cm³/mol. The lowest BCUT2D eigenvalue weighted by Crippen LogP contribution is -2.36. The number of hydrogen-bond donors (Lipinski definition) is 3. The van der Waals surface area contributed by atoms with Gasteiger partial charge in [-0.25, -0.2) is 4.98 Å². The highest BCUT2D eigenvalue weighted by Gasteiger charge is 2.49. The van der Waals surface area contributed by atoms with E-state index < -0.39 is 11.7 Å². The Morgan fingerprint density at radius 1 is 1.16 bits per heavy atom. The molecule has 3 fully saturated rings. The minimum Gasteiger partial charge on any atom is -0.494 e. The number of pyridine rings is 1. The third-order valence-corrected chi connectivity index (χ3v) is 7.38. The van der Waals surface area contributed by atoms with Crippen molar-refractivity contribution in [3.8, 4) is 16.9 Å². The predicted octanol–water partition coefficient (Wildman–Crippen LogP) is 3.61. The number of primary amides is 1. The Kier molecular flexibility index (Phi) is 6.24. The monoisotopic (exact) mass is 518 g/mol. The van der Waals surface area contributed by atoms with Gasteiger partial charge >= 0.3 is 0 Å². The molecule has 2 saturated carbocycles. The van der Waals surface area contributed by atoms with Gasteiger partial charge in [0.2, 0.25) is 5.91 Å². The molecule has 0 unspecified atom stereocenters. The number of para-hydroxylation sites is 1. The van der Waals surface area contributed by atoms with Gasteiger partial charge in [0.1, 0.15) is 17.6 Å². The van der Waals surface area contributed by atoms with Crippen LogP contribution >= 0.6 is 0 Å². The van der Waals surface area contributed by atoms with E-state index in [1.165, 1.54) is 6.20 Å². The lowest BCUT2D eigenvalue weighted by atomic mass is 10.1. The molecule has 1 atom stereocenters. The average Bonchev–Trinajstić information content (AvgIpc) is 3.28. The smallest absolute Gasteiger partial charge is 0.252 e. The molecular weight excluding hydrogens is 488 g/mol. The van der Waals surface area contributed by atoms with Gasteiger partial charge < -0.3 is 30.6 Å². The van der Waals surface area contributed by atoms with E-state index in [-0.39, 0.29) is 23.4 Å². The molecule has 3 aromatic rings. The molecule has 1 saturated heterocycles. The lowest BCUT2D eigenvalue weighted by molar-refractivity contribution is -0.177. The Hall–Kier alpha value is -3.96. The van der Waals surface area contributed by atoms with Crippen molar-refractivity contribution in [3.05, 3.63) is 48.4 Å². The Labute approximate surface area is 219 Å². The minimum atomic E-state index is -0.640. The van der Waals surface area contributed by atoms with Gasteiger partial charge in [-0.3, -0.25) is 14.3 Å². The van der Waals surface area contributed by atoms with Crippen molar-refractivity contribution in [1.82, 2.24) is 14.8 Å². The maximum absolute atomic E-state index is 12.2. The molecule has 1 aromatic carbocycles. The Bertz CT molecular complexity index is 1370. The second-order valence-electron chi connectivity index (χ2n) is 9.88. The first-order valence-electron chi connectivity index (χ1n) is 12.8. The van der Waals surface area contributed by atoms with Gasteiger partial charge in [-0.2, -0.15) is 5.10 Å². The summed E-state index contributed by atoms with van der Waals surface area (Å²) in [6.07, 6.45) is 9.69. The topological polar surface area (TPSA) is 143 Å². The molecule has 2 aromatic heterocycles. The van der Waals surface area contributed by atoms with Crippen LogP contribution in [0.15, 0.2) is 42.9 Å². The highest BCUT2D eigenvalue weighted by molar-refractivity contribution is 6.01. The number of aromatic nitrogens is 3. The number of rotatable bonds is 8. The number of benzene rings is 1. The number of carbonyl (C=O) groups excluding carboxylic acids is 2. The molecule has 1 aliphatic heterocycles. The van der Waals surface area contributed by atoms with Crippen LogP contribution in [0.1, 0.15) is 48.5 Å². The Balaban J connectivity index is 1.30. The summed E-state index contributed by atoms with van der Waals surface area (Å²) in [5.74, 6) is -0.393. The van der Waals surface area contributed by atoms with E-state index in [4.69, 9.17) is 19.9 Å². The fraction of sp³-hybridized carbons (Fsp3) is 0.407. The molecule has 0 bridgehead atoms. The van der Waals surface area contributed by atoms with Crippen LogP contribution in [0.2, 0.25) is 0 Å². The van der Waals surface area contributed by atoms with Gasteiger partial charge in [-0.15, -0.1) is 0 Å². The van der Waals surface area contributed by atoms with Gasteiger partial charge in [-0.1, -0.05) is 12.1 Å². The summed E-state index contributed by atoms with van der Waals surface area (Å²) in [4.78, 5) is 28.6. The molecule has 11 nitrogen and oxygen atoms in total. The minimum absolute atomic E-state index is 0.00488. The molecule has 4 N–H and O–H groups in total. The van der Waals surface area contributed by atoms with Gasteiger partial charge in [-0.05, 0) is 31.7 Å². The van der Waals surface area contributed by atoms with Crippen molar-refractivity contribution in [3.63, 3.8) is 0 Å². The fourth-order valence-electron chi connectivity index (χ4n) is 5.34. The third-order valence-electron chi connectivity index (χ3n) is 7.38. The van der Waals surface area contributed by atoms with E-state index in [9.17, 15) is 9.59 Å². The largest absolute Gasteiger partial charge is 0.494 e. The van der Waals surface area contributed by atoms with Crippen molar-refractivity contribution < 1.29 is 23.8 Å². The summed E-state index contributed by atoms with van der Waals surface area (Å²) in [6, 6.07) is 7.28. The van der Waals surface area contributed by atoms with E-state index in [0.29, 0.717) is 36.2 Å². The van der Waals surface area contributed by atoms with Crippen molar-refractivity contribution in [2.24, 2.45) is 11.7 Å². The highest BCUT2D eigenvalue weighted by atomic mass is 16.7. The number of amides is 2. The van der Waals surface area contributed by atoms with E-state index in [1.807, 2.05) is 29.1 Å². The summed E-state index contributed by atoms with van der Waals surface area (Å²) in [7, 11) is 1.59. The average molecular weight is 519 g/mol. The van der Waals surface area contributed by atoms with Gasteiger partial charge in [0.15, 0.2) is 5.79 Å². The van der Waals surface area contributed by atoms with Crippen LogP contribution in [-0.2, 0) is 14.3 Å². The number of hydrogen-bond acceptors (Lipinski definition) is 8. The number of ether oxygens (including phenoxy) is 3. The first-order valence-corrected chi connectivity index (χ1v) is 12.8. The number of nitrogens with two attached hydrogens (primary N) is 1. The van der Waals surface area contributed by atoms with Gasteiger partial charge in [0.25, 0.3) is 5.91 Å². The molecule has 6 rings (SSSR count). The number of anilines is 3. The molecule has 0 radical (unpaired) electrons.